The van der Waals surface area contributed by atoms with E-state index in [0.29, 0.717) is 9.83 Å². The van der Waals surface area contributed by atoms with Gasteiger partial charge in [-0.25, -0.2) is 0 Å². The summed E-state index contributed by atoms with van der Waals surface area (Å²) in [4.78, 5) is 0. The summed E-state index contributed by atoms with van der Waals surface area (Å²) >= 11 is 10.6. The molecule has 0 nitrogen and oxygen atoms in total. The Morgan fingerprint density at radius 1 is 1.24 bits per heavy atom. The normalized spacial score (nSPS) is 23.5. The van der Waals surface area contributed by atoms with Gasteiger partial charge in [0.25, 0.3) is 0 Å². The SMILES string of the molecule is CC(CC1CSC(c2cccc3ccccc23)S1)SCS. The summed E-state index contributed by atoms with van der Waals surface area (Å²) < 4.78 is 0.592. The molecule has 0 bridgehead atoms. The average molecular weight is 353 g/mol. The lowest BCUT2D eigenvalue weighted by atomic mass is 10.1. The van der Waals surface area contributed by atoms with Crippen molar-refractivity contribution in [3.05, 3.63) is 48.0 Å². The molecule has 1 aliphatic heterocycles. The third kappa shape index (κ3) is 3.90. The number of hydrogen-bond acceptors (Lipinski definition) is 4. The molecule has 2 aromatic rings. The van der Waals surface area contributed by atoms with Crippen molar-refractivity contribution in [2.45, 2.75) is 28.4 Å². The van der Waals surface area contributed by atoms with Crippen molar-refractivity contribution in [1.29, 1.82) is 0 Å². The van der Waals surface area contributed by atoms with E-state index >= 15 is 0 Å². The van der Waals surface area contributed by atoms with Crippen LogP contribution in [0.4, 0.5) is 0 Å². The molecule has 0 saturated carbocycles. The lowest BCUT2D eigenvalue weighted by Crippen LogP contribution is -2.09. The Hall–Kier alpha value is 0.1000. The zero-order chi connectivity index (χ0) is 14.7. The van der Waals surface area contributed by atoms with Crippen molar-refractivity contribution in [3.8, 4) is 0 Å². The molecule has 4 heteroatoms. The van der Waals surface area contributed by atoms with E-state index in [1.54, 1.807) is 0 Å². The third-order valence-electron chi connectivity index (χ3n) is 3.78. The Morgan fingerprint density at radius 2 is 2.05 bits per heavy atom. The van der Waals surface area contributed by atoms with Gasteiger partial charge in [0.1, 0.15) is 0 Å². The second-order valence-corrected chi connectivity index (χ2v) is 10.4. The topological polar surface area (TPSA) is 0 Å². The van der Waals surface area contributed by atoms with Gasteiger partial charge in [-0.05, 0) is 22.8 Å². The summed E-state index contributed by atoms with van der Waals surface area (Å²) in [5, 5.41) is 5.20. The second-order valence-electron chi connectivity index (χ2n) is 5.33. The molecule has 0 amide bonds. The number of fused-ring (bicyclic) bond motifs is 1. The molecule has 1 fully saturated rings. The Balaban J connectivity index is 1.73. The first-order valence-corrected chi connectivity index (χ1v) is 10.9. The number of rotatable bonds is 5. The molecule has 3 rings (SSSR count). The Kier molecular flexibility index (Phi) is 5.77. The first-order chi connectivity index (χ1) is 10.3. The van der Waals surface area contributed by atoms with E-state index in [1.807, 2.05) is 11.8 Å². The highest BCUT2D eigenvalue weighted by Crippen LogP contribution is 2.52. The van der Waals surface area contributed by atoms with Crippen LogP contribution in [0.25, 0.3) is 10.8 Å². The number of thiol groups is 1. The van der Waals surface area contributed by atoms with E-state index in [9.17, 15) is 0 Å². The Bertz CT molecular complexity index is 593. The smallest absolute Gasteiger partial charge is 0.0760 e. The van der Waals surface area contributed by atoms with Gasteiger partial charge in [0.15, 0.2) is 0 Å². The summed E-state index contributed by atoms with van der Waals surface area (Å²) in [7, 11) is 0. The highest BCUT2D eigenvalue weighted by molar-refractivity contribution is 8.19. The standard InChI is InChI=1S/C17H20S4/c1-12(20-11-18)9-14-10-19-17(21-14)16-8-4-6-13-5-2-3-7-15(13)16/h2-8,12,14,17-18H,9-11H2,1H3. The van der Waals surface area contributed by atoms with Crippen LogP contribution in [0.2, 0.25) is 0 Å². The van der Waals surface area contributed by atoms with Gasteiger partial charge < -0.3 is 0 Å². The number of thioether (sulfide) groups is 3. The highest BCUT2D eigenvalue weighted by atomic mass is 32.2. The van der Waals surface area contributed by atoms with Gasteiger partial charge in [-0.15, -0.1) is 35.3 Å². The molecule has 2 aromatic carbocycles. The van der Waals surface area contributed by atoms with E-state index in [0.717, 1.165) is 10.3 Å². The van der Waals surface area contributed by atoms with E-state index in [4.69, 9.17) is 0 Å². The van der Waals surface area contributed by atoms with Crippen LogP contribution in [-0.2, 0) is 0 Å². The van der Waals surface area contributed by atoms with Gasteiger partial charge in [-0.3, -0.25) is 0 Å². The van der Waals surface area contributed by atoms with E-state index in [1.165, 1.54) is 28.5 Å². The summed E-state index contributed by atoms with van der Waals surface area (Å²) in [6.07, 6.45) is 1.30. The summed E-state index contributed by atoms with van der Waals surface area (Å²) in [5.41, 5.74) is 1.50. The molecule has 3 atom stereocenters. The fourth-order valence-corrected chi connectivity index (χ4v) is 7.85. The predicted molar refractivity (Wildman–Crippen MR) is 106 cm³/mol. The zero-order valence-electron chi connectivity index (χ0n) is 12.1. The monoisotopic (exact) mass is 352 g/mol. The van der Waals surface area contributed by atoms with Crippen LogP contribution in [0.1, 0.15) is 23.5 Å². The van der Waals surface area contributed by atoms with Crippen molar-refractivity contribution in [1.82, 2.24) is 0 Å². The van der Waals surface area contributed by atoms with Crippen molar-refractivity contribution < 1.29 is 0 Å². The molecule has 0 N–H and O–H groups in total. The van der Waals surface area contributed by atoms with Crippen molar-refractivity contribution in [2.75, 3.05) is 10.8 Å². The van der Waals surface area contributed by atoms with Gasteiger partial charge >= 0.3 is 0 Å². The molecule has 1 aliphatic rings. The van der Waals surface area contributed by atoms with Gasteiger partial charge in [0.05, 0.1) is 4.58 Å². The maximum Gasteiger partial charge on any atom is 0.0760 e. The van der Waals surface area contributed by atoms with Crippen LogP contribution in [0.5, 0.6) is 0 Å². The maximum absolute atomic E-state index is 4.32. The van der Waals surface area contributed by atoms with Crippen molar-refractivity contribution in [3.63, 3.8) is 0 Å². The lowest BCUT2D eigenvalue weighted by Gasteiger charge is -2.16. The summed E-state index contributed by atoms with van der Waals surface area (Å²) in [6.45, 7) is 2.33. The minimum Gasteiger partial charge on any atom is -0.168 e. The Labute approximate surface area is 145 Å². The second kappa shape index (κ2) is 7.58. The number of benzene rings is 2. The molecule has 0 aliphatic carbocycles. The van der Waals surface area contributed by atoms with Crippen LogP contribution in [-0.4, -0.2) is 21.3 Å². The average Bonchev–Trinajstić information content (AvgIpc) is 2.95. The quantitative estimate of drug-likeness (QED) is 0.511. The van der Waals surface area contributed by atoms with Crippen LogP contribution >= 0.6 is 47.9 Å². The fraction of sp³-hybridized carbons (Fsp3) is 0.412. The molecule has 21 heavy (non-hydrogen) atoms. The lowest BCUT2D eigenvalue weighted by molar-refractivity contribution is 0.815. The van der Waals surface area contributed by atoms with Crippen molar-refractivity contribution in [2.24, 2.45) is 0 Å². The van der Waals surface area contributed by atoms with Crippen LogP contribution in [0.3, 0.4) is 0 Å². The molecule has 0 radical (unpaired) electrons. The molecule has 0 spiro atoms. The molecule has 3 unspecified atom stereocenters. The van der Waals surface area contributed by atoms with Crippen molar-refractivity contribution >= 4 is 58.7 Å². The largest absolute Gasteiger partial charge is 0.168 e. The first kappa shape index (κ1) is 16.0. The van der Waals surface area contributed by atoms with Gasteiger partial charge in [0, 0.05) is 21.3 Å². The molecule has 112 valence electrons. The minimum atomic E-state index is 0.592. The third-order valence-corrected chi connectivity index (χ3v) is 8.49. The van der Waals surface area contributed by atoms with Gasteiger partial charge in [0.2, 0.25) is 0 Å². The van der Waals surface area contributed by atoms with E-state index in [2.05, 4.69) is 85.5 Å². The molecule has 0 aromatic heterocycles. The van der Waals surface area contributed by atoms with E-state index in [-0.39, 0.29) is 0 Å². The molecular formula is C17H20S4. The first-order valence-electron chi connectivity index (χ1n) is 7.25. The van der Waals surface area contributed by atoms with Gasteiger partial charge in [-0.2, -0.15) is 12.6 Å². The fourth-order valence-electron chi connectivity index (χ4n) is 2.76. The maximum atomic E-state index is 4.32. The van der Waals surface area contributed by atoms with E-state index < -0.39 is 0 Å². The number of hydrogen-bond donors (Lipinski definition) is 1. The molecule has 1 heterocycles. The summed E-state index contributed by atoms with van der Waals surface area (Å²) in [6, 6.07) is 15.5. The van der Waals surface area contributed by atoms with Gasteiger partial charge in [-0.1, -0.05) is 49.4 Å². The Morgan fingerprint density at radius 3 is 2.90 bits per heavy atom. The van der Waals surface area contributed by atoms with Crippen LogP contribution in [0, 0.1) is 0 Å². The zero-order valence-corrected chi connectivity index (χ0v) is 15.4. The summed E-state index contributed by atoms with van der Waals surface area (Å²) in [5.74, 6) is 1.27. The minimum absolute atomic E-state index is 0.592. The predicted octanol–water partition coefficient (Wildman–Crippen LogP) is 6.09. The van der Waals surface area contributed by atoms with Crippen LogP contribution in [0.15, 0.2) is 42.5 Å². The highest BCUT2D eigenvalue weighted by Gasteiger charge is 2.29. The van der Waals surface area contributed by atoms with Crippen LogP contribution < -0.4 is 0 Å². The molecule has 1 saturated heterocycles. The molecular weight excluding hydrogens is 332 g/mol.